The van der Waals surface area contributed by atoms with Crippen LogP contribution in [-0.2, 0) is 14.3 Å². The second kappa shape index (κ2) is 9.34. The van der Waals surface area contributed by atoms with Crippen LogP contribution in [-0.4, -0.2) is 98.1 Å². The zero-order valence-electron chi connectivity index (χ0n) is 15.3. The number of piperazine rings is 1. The Hall–Kier alpha value is -1.18. The zero-order chi connectivity index (χ0) is 17.5. The van der Waals surface area contributed by atoms with Gasteiger partial charge in [-0.05, 0) is 12.8 Å². The van der Waals surface area contributed by atoms with Crippen molar-refractivity contribution in [2.75, 3.05) is 65.6 Å². The fourth-order valence-corrected chi connectivity index (χ4v) is 2.88. The van der Waals surface area contributed by atoms with E-state index < -0.39 is 0 Å². The minimum absolute atomic E-state index is 0.0917. The molecule has 0 aromatic heterocycles. The molecular weight excluding hydrogens is 308 g/mol. The number of ether oxygens (including phenoxy) is 1. The van der Waals surface area contributed by atoms with E-state index in [1.165, 1.54) is 0 Å². The first-order chi connectivity index (χ1) is 11.5. The first kappa shape index (κ1) is 19.1. The summed E-state index contributed by atoms with van der Waals surface area (Å²) >= 11 is 0. The van der Waals surface area contributed by atoms with Crippen molar-refractivity contribution in [3.05, 3.63) is 0 Å². The summed E-state index contributed by atoms with van der Waals surface area (Å²) in [6, 6.07) is 0.199. The van der Waals surface area contributed by atoms with Crippen molar-refractivity contribution in [3.8, 4) is 0 Å². The number of carbonyl (C=O) groups excluding carboxylic acids is 2. The monoisotopic (exact) mass is 340 g/mol. The average molecular weight is 340 g/mol. The molecular formula is C17H32N4O3. The Bertz CT molecular complexity index is 416. The molecule has 2 saturated heterocycles. The van der Waals surface area contributed by atoms with Crippen LogP contribution in [0.3, 0.4) is 0 Å². The average Bonchev–Trinajstić information content (AvgIpc) is 2.57. The molecule has 0 aromatic rings. The molecule has 0 saturated carbocycles. The molecule has 0 aromatic carbocycles. The summed E-state index contributed by atoms with van der Waals surface area (Å²) in [5.74, 6) is 0.723. The lowest BCUT2D eigenvalue weighted by Gasteiger charge is -2.35. The van der Waals surface area contributed by atoms with Crippen LogP contribution in [0.5, 0.6) is 0 Å². The van der Waals surface area contributed by atoms with Gasteiger partial charge in [0, 0.05) is 45.3 Å². The van der Waals surface area contributed by atoms with E-state index in [1.807, 2.05) is 11.8 Å². The number of nitrogens with one attached hydrogen (secondary N) is 1. The lowest BCUT2D eigenvalue weighted by molar-refractivity contribution is -0.137. The maximum Gasteiger partial charge on any atom is 0.236 e. The van der Waals surface area contributed by atoms with Crippen molar-refractivity contribution in [2.45, 2.75) is 26.8 Å². The van der Waals surface area contributed by atoms with Crippen molar-refractivity contribution >= 4 is 11.8 Å². The van der Waals surface area contributed by atoms with Gasteiger partial charge in [-0.2, -0.15) is 0 Å². The SMILES string of the molecule is CC(C)C(C)NC(=O)CN1CCN(CC(=O)N2CCOCC2)CC1. The van der Waals surface area contributed by atoms with Crippen molar-refractivity contribution in [1.29, 1.82) is 0 Å². The van der Waals surface area contributed by atoms with Crippen molar-refractivity contribution in [1.82, 2.24) is 20.0 Å². The number of morpholine rings is 1. The molecule has 0 radical (unpaired) electrons. The number of hydrogen-bond donors (Lipinski definition) is 1. The van der Waals surface area contributed by atoms with Gasteiger partial charge in [0.2, 0.25) is 11.8 Å². The van der Waals surface area contributed by atoms with Gasteiger partial charge >= 0.3 is 0 Å². The Morgan fingerprint density at radius 3 is 2.00 bits per heavy atom. The normalized spacial score (nSPS) is 21.8. The predicted molar refractivity (Wildman–Crippen MR) is 92.7 cm³/mol. The predicted octanol–water partition coefficient (Wildman–Crippen LogP) is -0.376. The highest BCUT2D eigenvalue weighted by Gasteiger charge is 2.24. The van der Waals surface area contributed by atoms with Gasteiger partial charge in [-0.3, -0.25) is 19.4 Å². The molecule has 2 amide bonds. The Morgan fingerprint density at radius 2 is 1.46 bits per heavy atom. The molecule has 0 aliphatic carbocycles. The van der Waals surface area contributed by atoms with E-state index in [1.54, 1.807) is 0 Å². The molecule has 1 unspecified atom stereocenters. The van der Waals surface area contributed by atoms with Crippen LogP contribution in [0.15, 0.2) is 0 Å². The Morgan fingerprint density at radius 1 is 0.917 bits per heavy atom. The number of nitrogens with zero attached hydrogens (tertiary/aromatic N) is 3. The van der Waals surface area contributed by atoms with Crippen LogP contribution in [0.25, 0.3) is 0 Å². The van der Waals surface area contributed by atoms with E-state index in [9.17, 15) is 9.59 Å². The van der Waals surface area contributed by atoms with Crippen LogP contribution in [0, 0.1) is 5.92 Å². The van der Waals surface area contributed by atoms with E-state index in [0.717, 1.165) is 26.2 Å². The molecule has 1 atom stereocenters. The molecule has 0 bridgehead atoms. The Balaban J connectivity index is 1.65. The van der Waals surface area contributed by atoms with Gasteiger partial charge in [0.05, 0.1) is 26.3 Å². The van der Waals surface area contributed by atoms with E-state index in [4.69, 9.17) is 4.74 Å². The summed E-state index contributed by atoms with van der Waals surface area (Å²) in [6.45, 7) is 13.2. The third-order valence-electron chi connectivity index (χ3n) is 4.94. The van der Waals surface area contributed by atoms with Crippen LogP contribution in [0.1, 0.15) is 20.8 Å². The van der Waals surface area contributed by atoms with Gasteiger partial charge in [-0.25, -0.2) is 0 Å². The van der Waals surface area contributed by atoms with E-state index in [0.29, 0.717) is 45.3 Å². The molecule has 2 aliphatic heterocycles. The summed E-state index contributed by atoms with van der Waals surface area (Å²) in [5.41, 5.74) is 0. The summed E-state index contributed by atoms with van der Waals surface area (Å²) in [6.07, 6.45) is 0. The van der Waals surface area contributed by atoms with Gasteiger partial charge in [-0.1, -0.05) is 13.8 Å². The lowest BCUT2D eigenvalue weighted by Crippen LogP contribution is -2.53. The second-order valence-corrected chi connectivity index (χ2v) is 7.15. The largest absolute Gasteiger partial charge is 0.378 e. The van der Waals surface area contributed by atoms with Crippen molar-refractivity contribution in [3.63, 3.8) is 0 Å². The first-order valence-electron chi connectivity index (χ1n) is 9.05. The van der Waals surface area contributed by atoms with Crippen LogP contribution in [0.4, 0.5) is 0 Å². The quantitative estimate of drug-likeness (QED) is 0.714. The third-order valence-corrected chi connectivity index (χ3v) is 4.94. The summed E-state index contributed by atoms with van der Waals surface area (Å²) in [4.78, 5) is 30.5. The smallest absolute Gasteiger partial charge is 0.236 e. The number of rotatable bonds is 6. The molecule has 138 valence electrons. The van der Waals surface area contributed by atoms with Crippen LogP contribution >= 0.6 is 0 Å². The van der Waals surface area contributed by atoms with E-state index in [-0.39, 0.29) is 17.9 Å². The molecule has 7 nitrogen and oxygen atoms in total. The van der Waals surface area contributed by atoms with E-state index in [2.05, 4.69) is 29.0 Å². The fourth-order valence-electron chi connectivity index (χ4n) is 2.88. The van der Waals surface area contributed by atoms with Gasteiger partial charge in [0.15, 0.2) is 0 Å². The molecule has 2 aliphatic rings. The number of amides is 2. The topological polar surface area (TPSA) is 65.1 Å². The molecule has 2 fully saturated rings. The highest BCUT2D eigenvalue weighted by molar-refractivity contribution is 5.79. The first-order valence-corrected chi connectivity index (χ1v) is 9.05. The lowest BCUT2D eigenvalue weighted by atomic mass is 10.1. The van der Waals surface area contributed by atoms with Crippen LogP contribution < -0.4 is 5.32 Å². The second-order valence-electron chi connectivity index (χ2n) is 7.15. The third kappa shape index (κ3) is 6.03. The molecule has 2 rings (SSSR count). The van der Waals surface area contributed by atoms with Gasteiger partial charge in [-0.15, -0.1) is 0 Å². The highest BCUT2D eigenvalue weighted by atomic mass is 16.5. The standard InChI is InChI=1S/C17H32N4O3/c1-14(2)15(3)18-16(22)12-19-4-6-20(7-5-19)13-17(23)21-8-10-24-11-9-21/h14-15H,4-13H2,1-3H3,(H,18,22). The minimum Gasteiger partial charge on any atom is -0.378 e. The van der Waals surface area contributed by atoms with Gasteiger partial charge in [0.1, 0.15) is 0 Å². The van der Waals surface area contributed by atoms with Gasteiger partial charge in [0.25, 0.3) is 0 Å². The molecule has 24 heavy (non-hydrogen) atoms. The van der Waals surface area contributed by atoms with Crippen molar-refractivity contribution in [2.24, 2.45) is 5.92 Å². The molecule has 7 heteroatoms. The maximum atomic E-state index is 12.3. The Labute approximate surface area is 145 Å². The van der Waals surface area contributed by atoms with Crippen molar-refractivity contribution < 1.29 is 14.3 Å². The fraction of sp³-hybridized carbons (Fsp3) is 0.882. The maximum absolute atomic E-state index is 12.3. The molecule has 2 heterocycles. The number of carbonyl (C=O) groups is 2. The van der Waals surface area contributed by atoms with Gasteiger partial charge < -0.3 is 15.0 Å². The van der Waals surface area contributed by atoms with E-state index >= 15 is 0 Å². The molecule has 0 spiro atoms. The zero-order valence-corrected chi connectivity index (χ0v) is 15.3. The highest BCUT2D eigenvalue weighted by Crippen LogP contribution is 2.05. The summed E-state index contributed by atoms with van der Waals surface area (Å²) in [5, 5.41) is 3.05. The minimum atomic E-state index is 0.0917. The Kier molecular flexibility index (Phi) is 7.45. The molecule has 1 N–H and O–H groups in total. The summed E-state index contributed by atoms with van der Waals surface area (Å²) < 4.78 is 5.28. The van der Waals surface area contributed by atoms with Crippen LogP contribution in [0.2, 0.25) is 0 Å². The number of hydrogen-bond acceptors (Lipinski definition) is 5. The summed E-state index contributed by atoms with van der Waals surface area (Å²) in [7, 11) is 0.